The zero-order chi connectivity index (χ0) is 16.9. The molecule has 2 rings (SSSR count). The average Bonchev–Trinajstić information content (AvgIpc) is 2.53. The lowest BCUT2D eigenvalue weighted by molar-refractivity contribution is 0.251. The molecule has 0 aliphatic rings. The lowest BCUT2D eigenvalue weighted by Gasteiger charge is -2.16. The van der Waals surface area contributed by atoms with E-state index >= 15 is 0 Å². The van der Waals surface area contributed by atoms with Crippen molar-refractivity contribution in [2.75, 3.05) is 5.32 Å². The monoisotopic (exact) mass is 314 g/mol. The van der Waals surface area contributed by atoms with Crippen LogP contribution in [0.5, 0.6) is 0 Å². The highest BCUT2D eigenvalue weighted by molar-refractivity contribution is 5.88. The van der Waals surface area contributed by atoms with Crippen LogP contribution in [0.2, 0.25) is 0 Å². The van der Waals surface area contributed by atoms with E-state index in [2.05, 4.69) is 20.6 Å². The first-order valence-electron chi connectivity index (χ1n) is 7.45. The maximum Gasteiger partial charge on any atom is 0.319 e. The Morgan fingerprint density at radius 1 is 1.13 bits per heavy atom. The van der Waals surface area contributed by atoms with Gasteiger partial charge in [0, 0.05) is 12.0 Å². The van der Waals surface area contributed by atoms with Crippen molar-refractivity contribution in [2.24, 2.45) is 0 Å². The van der Waals surface area contributed by atoms with E-state index in [0.717, 1.165) is 17.0 Å². The van der Waals surface area contributed by atoms with Crippen molar-refractivity contribution in [3.8, 4) is 0 Å². The molecule has 1 heterocycles. The van der Waals surface area contributed by atoms with E-state index in [4.69, 9.17) is 0 Å². The zero-order valence-electron chi connectivity index (χ0n) is 13.6. The number of amides is 2. The summed E-state index contributed by atoms with van der Waals surface area (Å²) in [5.41, 5.74) is 2.08. The highest BCUT2D eigenvalue weighted by Gasteiger charge is 2.16. The first-order valence-corrected chi connectivity index (χ1v) is 7.45. The number of anilines is 1. The molecule has 0 saturated carbocycles. The molecule has 0 radical (unpaired) electrons. The van der Waals surface area contributed by atoms with E-state index in [1.165, 1.54) is 0 Å². The van der Waals surface area contributed by atoms with E-state index in [1.807, 2.05) is 45.0 Å². The summed E-state index contributed by atoms with van der Waals surface area (Å²) < 4.78 is 0. The summed E-state index contributed by atoms with van der Waals surface area (Å²) in [6, 6.07) is 7.07. The fourth-order valence-corrected chi connectivity index (χ4v) is 2.01. The van der Waals surface area contributed by atoms with Crippen molar-refractivity contribution in [1.82, 2.24) is 15.3 Å². The van der Waals surface area contributed by atoms with Crippen LogP contribution in [0.3, 0.4) is 0 Å². The Morgan fingerprint density at radius 2 is 1.74 bits per heavy atom. The molecule has 0 aliphatic carbocycles. The first-order chi connectivity index (χ1) is 10.9. The van der Waals surface area contributed by atoms with Crippen LogP contribution in [0, 0.1) is 0 Å². The SMILES string of the molecule is CC(C)(C)c1ncc(NC(=O)NCc2ccccc2CO)cn1. The van der Waals surface area contributed by atoms with Crippen LogP contribution in [-0.2, 0) is 18.6 Å². The van der Waals surface area contributed by atoms with Gasteiger partial charge in [-0.25, -0.2) is 14.8 Å². The lowest BCUT2D eigenvalue weighted by atomic mass is 9.96. The first kappa shape index (κ1) is 16.9. The molecule has 0 atom stereocenters. The molecule has 122 valence electrons. The standard InChI is InChI=1S/C17H22N4O2/c1-17(2,3)15-18-9-14(10-19-15)21-16(23)20-8-12-6-4-5-7-13(12)11-22/h4-7,9-10,22H,8,11H2,1-3H3,(H2,20,21,23). The second-order valence-electron chi connectivity index (χ2n) is 6.28. The lowest BCUT2D eigenvalue weighted by Crippen LogP contribution is -2.29. The normalized spacial score (nSPS) is 11.1. The van der Waals surface area contributed by atoms with E-state index in [0.29, 0.717) is 12.2 Å². The quantitative estimate of drug-likeness (QED) is 0.809. The number of urea groups is 1. The van der Waals surface area contributed by atoms with Gasteiger partial charge in [-0.2, -0.15) is 0 Å². The van der Waals surface area contributed by atoms with Gasteiger partial charge in [0.2, 0.25) is 0 Å². The van der Waals surface area contributed by atoms with Crippen molar-refractivity contribution in [3.63, 3.8) is 0 Å². The fraction of sp³-hybridized carbons (Fsp3) is 0.353. The molecule has 0 saturated heterocycles. The molecule has 6 nitrogen and oxygen atoms in total. The number of nitrogens with one attached hydrogen (secondary N) is 2. The van der Waals surface area contributed by atoms with Gasteiger partial charge in [-0.1, -0.05) is 45.0 Å². The third kappa shape index (κ3) is 4.75. The van der Waals surface area contributed by atoms with Crippen molar-refractivity contribution in [1.29, 1.82) is 0 Å². The second kappa shape index (κ2) is 7.19. The topological polar surface area (TPSA) is 87.1 Å². The van der Waals surface area contributed by atoms with Crippen LogP contribution in [0.15, 0.2) is 36.7 Å². The third-order valence-electron chi connectivity index (χ3n) is 3.31. The van der Waals surface area contributed by atoms with Crippen LogP contribution in [0.4, 0.5) is 10.5 Å². The summed E-state index contributed by atoms with van der Waals surface area (Å²) in [7, 11) is 0. The van der Waals surface area contributed by atoms with Crippen molar-refractivity contribution >= 4 is 11.7 Å². The summed E-state index contributed by atoms with van der Waals surface area (Å²) in [5.74, 6) is 0.723. The molecule has 1 aromatic carbocycles. The third-order valence-corrected chi connectivity index (χ3v) is 3.31. The van der Waals surface area contributed by atoms with Crippen LogP contribution >= 0.6 is 0 Å². The summed E-state index contributed by atoms with van der Waals surface area (Å²) in [4.78, 5) is 20.5. The number of hydrogen-bond donors (Lipinski definition) is 3. The van der Waals surface area contributed by atoms with Crippen LogP contribution in [-0.4, -0.2) is 21.1 Å². The van der Waals surface area contributed by atoms with Crippen LogP contribution in [0.25, 0.3) is 0 Å². The summed E-state index contributed by atoms with van der Waals surface area (Å²) >= 11 is 0. The van der Waals surface area contributed by atoms with Gasteiger partial charge in [0.05, 0.1) is 24.7 Å². The highest BCUT2D eigenvalue weighted by atomic mass is 16.3. The number of benzene rings is 1. The molecule has 0 spiro atoms. The molecule has 0 fully saturated rings. The largest absolute Gasteiger partial charge is 0.392 e. The van der Waals surface area contributed by atoms with Crippen molar-refractivity contribution in [2.45, 2.75) is 39.3 Å². The number of carbonyl (C=O) groups excluding carboxylic acids is 1. The minimum absolute atomic E-state index is 0.0540. The zero-order valence-corrected chi connectivity index (χ0v) is 13.6. The van der Waals surface area contributed by atoms with E-state index < -0.39 is 0 Å². The number of carbonyl (C=O) groups is 1. The number of aliphatic hydroxyl groups excluding tert-OH is 1. The van der Waals surface area contributed by atoms with Crippen LogP contribution in [0.1, 0.15) is 37.7 Å². The molecule has 0 bridgehead atoms. The summed E-state index contributed by atoms with van der Waals surface area (Å²) in [5, 5.41) is 14.7. The molecule has 6 heteroatoms. The smallest absolute Gasteiger partial charge is 0.319 e. The molecule has 0 aliphatic heterocycles. The van der Waals surface area contributed by atoms with Gasteiger partial charge in [-0.3, -0.25) is 0 Å². The van der Waals surface area contributed by atoms with Gasteiger partial charge in [0.1, 0.15) is 5.82 Å². The van der Waals surface area contributed by atoms with Crippen molar-refractivity contribution in [3.05, 3.63) is 53.6 Å². The Morgan fingerprint density at radius 3 is 2.30 bits per heavy atom. The summed E-state index contributed by atoms with van der Waals surface area (Å²) in [6.45, 7) is 6.37. The van der Waals surface area contributed by atoms with Gasteiger partial charge in [0.15, 0.2) is 0 Å². The highest BCUT2D eigenvalue weighted by Crippen LogP contribution is 2.18. The maximum atomic E-state index is 11.9. The fourth-order valence-electron chi connectivity index (χ4n) is 2.01. The minimum atomic E-state index is -0.343. The molecule has 2 amide bonds. The van der Waals surface area contributed by atoms with Crippen molar-refractivity contribution < 1.29 is 9.90 Å². The summed E-state index contributed by atoms with van der Waals surface area (Å²) in [6.07, 6.45) is 3.18. The Bertz CT molecular complexity index is 663. The molecule has 3 N–H and O–H groups in total. The molecular formula is C17H22N4O2. The van der Waals surface area contributed by atoms with Gasteiger partial charge in [-0.05, 0) is 11.1 Å². The Labute approximate surface area is 136 Å². The number of nitrogens with zero attached hydrogens (tertiary/aromatic N) is 2. The van der Waals surface area contributed by atoms with Crippen LogP contribution < -0.4 is 10.6 Å². The Hall–Kier alpha value is -2.47. The van der Waals surface area contributed by atoms with Gasteiger partial charge < -0.3 is 15.7 Å². The van der Waals surface area contributed by atoms with E-state index in [1.54, 1.807) is 12.4 Å². The van der Waals surface area contributed by atoms with E-state index in [-0.39, 0.29) is 18.1 Å². The second-order valence-corrected chi connectivity index (χ2v) is 6.28. The number of aromatic nitrogens is 2. The predicted molar refractivity (Wildman–Crippen MR) is 89.0 cm³/mol. The predicted octanol–water partition coefficient (Wildman–Crippen LogP) is 2.59. The molecule has 0 unspecified atom stereocenters. The number of rotatable bonds is 4. The Kier molecular flexibility index (Phi) is 5.28. The number of hydrogen-bond acceptors (Lipinski definition) is 4. The van der Waals surface area contributed by atoms with Gasteiger partial charge in [-0.15, -0.1) is 0 Å². The minimum Gasteiger partial charge on any atom is -0.392 e. The maximum absolute atomic E-state index is 11.9. The van der Waals surface area contributed by atoms with E-state index in [9.17, 15) is 9.90 Å². The molecular weight excluding hydrogens is 292 g/mol. The average molecular weight is 314 g/mol. The van der Waals surface area contributed by atoms with Gasteiger partial charge >= 0.3 is 6.03 Å². The number of aliphatic hydroxyl groups is 1. The molecule has 23 heavy (non-hydrogen) atoms. The van der Waals surface area contributed by atoms with Gasteiger partial charge in [0.25, 0.3) is 0 Å². The molecule has 1 aromatic heterocycles. The molecule has 2 aromatic rings. The Balaban J connectivity index is 1.92.